The Kier molecular flexibility index (Phi) is 3.20. The van der Waals surface area contributed by atoms with Crippen LogP contribution in [-0.4, -0.2) is 42.1 Å². The lowest BCUT2D eigenvalue weighted by molar-refractivity contribution is 0.175. The van der Waals surface area contributed by atoms with Crippen molar-refractivity contribution in [1.82, 2.24) is 9.88 Å². The molecule has 3 heterocycles. The van der Waals surface area contributed by atoms with Crippen molar-refractivity contribution in [3.63, 3.8) is 0 Å². The number of piperidine rings is 1. The number of anilines is 2. The van der Waals surface area contributed by atoms with Gasteiger partial charge >= 0.3 is 0 Å². The summed E-state index contributed by atoms with van der Waals surface area (Å²) in [5.41, 5.74) is 5.74. The van der Waals surface area contributed by atoms with Crippen molar-refractivity contribution in [2.75, 3.05) is 36.8 Å². The lowest BCUT2D eigenvalue weighted by Gasteiger charge is -2.32. The monoisotopic (exact) mass is 252 g/mol. The fraction of sp³-hybridized carbons (Fsp3) is 0.750. The molecule has 2 N–H and O–H groups in total. The highest BCUT2D eigenvalue weighted by molar-refractivity contribution is 7.19. The SMILES string of the molecule is Nc1cnc(N2CCC(N3CCCCC3)C2)s1. The molecule has 0 saturated carbocycles. The average Bonchev–Trinajstić information content (AvgIpc) is 2.98. The van der Waals surface area contributed by atoms with Crippen molar-refractivity contribution < 1.29 is 0 Å². The number of nitrogens with two attached hydrogens (primary N) is 1. The number of thiazole rings is 1. The minimum Gasteiger partial charge on any atom is -0.389 e. The summed E-state index contributed by atoms with van der Waals surface area (Å²) >= 11 is 1.61. The van der Waals surface area contributed by atoms with Crippen molar-refractivity contribution >= 4 is 21.5 Å². The summed E-state index contributed by atoms with van der Waals surface area (Å²) < 4.78 is 0. The van der Waals surface area contributed by atoms with Gasteiger partial charge in [0.25, 0.3) is 0 Å². The molecule has 2 aliphatic rings. The Morgan fingerprint density at radius 2 is 2.06 bits per heavy atom. The molecule has 17 heavy (non-hydrogen) atoms. The van der Waals surface area contributed by atoms with E-state index < -0.39 is 0 Å². The summed E-state index contributed by atoms with van der Waals surface area (Å²) in [5.74, 6) is 0. The van der Waals surface area contributed by atoms with E-state index in [0.717, 1.165) is 29.3 Å². The van der Waals surface area contributed by atoms with E-state index in [1.165, 1.54) is 38.8 Å². The summed E-state index contributed by atoms with van der Waals surface area (Å²) in [5, 5.41) is 1.92. The lowest BCUT2D eigenvalue weighted by Crippen LogP contribution is -2.40. The quantitative estimate of drug-likeness (QED) is 0.871. The molecule has 2 saturated heterocycles. The van der Waals surface area contributed by atoms with E-state index in [1.54, 1.807) is 17.5 Å². The predicted molar refractivity (Wildman–Crippen MR) is 72.6 cm³/mol. The highest BCUT2D eigenvalue weighted by atomic mass is 32.1. The van der Waals surface area contributed by atoms with Crippen LogP contribution >= 0.6 is 11.3 Å². The number of nitrogens with zero attached hydrogens (tertiary/aromatic N) is 3. The van der Waals surface area contributed by atoms with Gasteiger partial charge in [-0.1, -0.05) is 17.8 Å². The van der Waals surface area contributed by atoms with Crippen molar-refractivity contribution in [2.45, 2.75) is 31.7 Å². The van der Waals surface area contributed by atoms with Gasteiger partial charge in [-0.2, -0.15) is 0 Å². The molecule has 0 spiro atoms. The summed E-state index contributed by atoms with van der Waals surface area (Å²) in [7, 11) is 0. The first-order chi connectivity index (χ1) is 8.33. The Hall–Kier alpha value is -0.810. The van der Waals surface area contributed by atoms with Crippen LogP contribution in [0.15, 0.2) is 6.20 Å². The normalized spacial score (nSPS) is 26.6. The zero-order valence-electron chi connectivity index (χ0n) is 10.1. The van der Waals surface area contributed by atoms with Gasteiger partial charge < -0.3 is 10.6 Å². The molecule has 1 unspecified atom stereocenters. The number of hydrogen-bond acceptors (Lipinski definition) is 5. The minimum atomic E-state index is 0.737. The first-order valence-electron chi connectivity index (χ1n) is 6.53. The van der Waals surface area contributed by atoms with E-state index in [-0.39, 0.29) is 0 Å². The molecule has 2 fully saturated rings. The third kappa shape index (κ3) is 2.40. The number of nitrogen functional groups attached to an aromatic ring is 1. The molecule has 94 valence electrons. The lowest BCUT2D eigenvalue weighted by atomic mass is 10.1. The molecule has 0 bridgehead atoms. The fourth-order valence-corrected chi connectivity index (χ4v) is 3.64. The van der Waals surface area contributed by atoms with Gasteiger partial charge in [-0.25, -0.2) is 4.98 Å². The van der Waals surface area contributed by atoms with Gasteiger partial charge in [0.05, 0.1) is 6.20 Å². The van der Waals surface area contributed by atoms with E-state index in [2.05, 4.69) is 14.8 Å². The molecule has 2 aliphatic heterocycles. The number of likely N-dealkylation sites (tertiary alicyclic amines) is 1. The summed E-state index contributed by atoms with van der Waals surface area (Å²) in [6, 6.07) is 0.737. The Morgan fingerprint density at radius 1 is 1.24 bits per heavy atom. The molecule has 4 nitrogen and oxygen atoms in total. The third-order valence-electron chi connectivity index (χ3n) is 3.85. The summed E-state index contributed by atoms with van der Waals surface area (Å²) in [6.45, 7) is 4.85. The van der Waals surface area contributed by atoms with Crippen LogP contribution in [0.3, 0.4) is 0 Å². The van der Waals surface area contributed by atoms with E-state index in [9.17, 15) is 0 Å². The maximum Gasteiger partial charge on any atom is 0.187 e. The van der Waals surface area contributed by atoms with Crippen LogP contribution in [0.1, 0.15) is 25.7 Å². The molecule has 5 heteroatoms. The topological polar surface area (TPSA) is 45.4 Å². The minimum absolute atomic E-state index is 0.737. The third-order valence-corrected chi connectivity index (χ3v) is 4.74. The van der Waals surface area contributed by atoms with Crippen molar-refractivity contribution in [3.8, 4) is 0 Å². The standard InChI is InChI=1S/C12H20N4S/c13-11-8-14-12(17-11)16-7-4-10(9-16)15-5-2-1-3-6-15/h8,10H,1-7,9,13H2. The predicted octanol–water partition coefficient (Wildman–Crippen LogP) is 1.79. The Bertz CT molecular complexity index is 372. The maximum atomic E-state index is 5.74. The number of aromatic nitrogens is 1. The second-order valence-corrected chi connectivity index (χ2v) is 6.07. The zero-order chi connectivity index (χ0) is 11.7. The summed E-state index contributed by atoms with van der Waals surface area (Å²) in [6.07, 6.45) is 7.21. The second kappa shape index (κ2) is 4.82. The molecular weight excluding hydrogens is 232 g/mol. The van der Waals surface area contributed by atoms with Crippen molar-refractivity contribution in [1.29, 1.82) is 0 Å². The maximum absolute atomic E-state index is 5.74. The Morgan fingerprint density at radius 3 is 2.76 bits per heavy atom. The Labute approximate surface area is 106 Å². The second-order valence-electron chi connectivity index (χ2n) is 5.03. The van der Waals surface area contributed by atoms with Crippen LogP contribution in [-0.2, 0) is 0 Å². The first-order valence-corrected chi connectivity index (χ1v) is 7.35. The molecule has 3 rings (SSSR count). The molecular formula is C12H20N4S. The summed E-state index contributed by atoms with van der Waals surface area (Å²) in [4.78, 5) is 9.43. The van der Waals surface area contributed by atoms with Crippen LogP contribution < -0.4 is 10.6 Å². The molecule has 1 atom stereocenters. The van der Waals surface area contributed by atoms with E-state index in [0.29, 0.717) is 0 Å². The van der Waals surface area contributed by atoms with Crippen LogP contribution in [0.2, 0.25) is 0 Å². The largest absolute Gasteiger partial charge is 0.389 e. The van der Waals surface area contributed by atoms with Crippen molar-refractivity contribution in [2.24, 2.45) is 0 Å². The van der Waals surface area contributed by atoms with Crippen LogP contribution in [0, 0.1) is 0 Å². The van der Waals surface area contributed by atoms with Gasteiger partial charge in [-0.15, -0.1) is 0 Å². The highest BCUT2D eigenvalue weighted by Crippen LogP contribution is 2.29. The van der Waals surface area contributed by atoms with Crippen LogP contribution in [0.5, 0.6) is 0 Å². The van der Waals surface area contributed by atoms with Gasteiger partial charge in [0.2, 0.25) is 0 Å². The first kappa shape index (κ1) is 11.3. The molecule has 0 radical (unpaired) electrons. The van der Waals surface area contributed by atoms with Gasteiger partial charge in [0, 0.05) is 19.1 Å². The Balaban J connectivity index is 1.61. The average molecular weight is 252 g/mol. The highest BCUT2D eigenvalue weighted by Gasteiger charge is 2.29. The fourth-order valence-electron chi connectivity index (χ4n) is 2.92. The number of hydrogen-bond donors (Lipinski definition) is 1. The van der Waals surface area contributed by atoms with Gasteiger partial charge in [0.15, 0.2) is 5.13 Å². The van der Waals surface area contributed by atoms with E-state index in [4.69, 9.17) is 5.73 Å². The zero-order valence-corrected chi connectivity index (χ0v) is 11.0. The van der Waals surface area contributed by atoms with Gasteiger partial charge in [0.1, 0.15) is 5.00 Å². The molecule has 0 aromatic carbocycles. The van der Waals surface area contributed by atoms with E-state index in [1.807, 2.05) is 0 Å². The van der Waals surface area contributed by atoms with Crippen molar-refractivity contribution in [3.05, 3.63) is 6.20 Å². The van der Waals surface area contributed by atoms with Gasteiger partial charge in [-0.3, -0.25) is 4.90 Å². The molecule has 0 amide bonds. The van der Waals surface area contributed by atoms with Gasteiger partial charge in [-0.05, 0) is 32.4 Å². The van der Waals surface area contributed by atoms with Crippen LogP contribution in [0.4, 0.5) is 10.1 Å². The van der Waals surface area contributed by atoms with Crippen LogP contribution in [0.25, 0.3) is 0 Å². The number of rotatable bonds is 2. The smallest absolute Gasteiger partial charge is 0.187 e. The molecule has 1 aromatic rings. The molecule has 0 aliphatic carbocycles. The molecule has 1 aromatic heterocycles. The van der Waals surface area contributed by atoms with E-state index >= 15 is 0 Å².